The Kier molecular flexibility index (Phi) is 4.26. The Labute approximate surface area is 126 Å². The minimum Gasteiger partial charge on any atom is -0.496 e. The van der Waals surface area contributed by atoms with Gasteiger partial charge in [0.15, 0.2) is 0 Å². The molecule has 2 nitrogen and oxygen atoms in total. The van der Waals surface area contributed by atoms with E-state index in [0.29, 0.717) is 6.54 Å². The summed E-state index contributed by atoms with van der Waals surface area (Å²) < 4.78 is 5.55. The topological polar surface area (TPSA) is 35.2 Å². The van der Waals surface area contributed by atoms with Crippen molar-refractivity contribution >= 4 is 0 Å². The van der Waals surface area contributed by atoms with Crippen LogP contribution in [-0.2, 0) is 19.3 Å². The van der Waals surface area contributed by atoms with Gasteiger partial charge in [0.05, 0.1) is 7.11 Å². The first-order valence-electron chi connectivity index (χ1n) is 7.81. The average Bonchev–Trinajstić information content (AvgIpc) is 2.54. The molecule has 0 aliphatic heterocycles. The molecule has 0 atom stereocenters. The van der Waals surface area contributed by atoms with Crippen LogP contribution in [0.5, 0.6) is 5.75 Å². The summed E-state index contributed by atoms with van der Waals surface area (Å²) in [5.41, 5.74) is 12.4. The zero-order chi connectivity index (χ0) is 14.7. The van der Waals surface area contributed by atoms with Crippen molar-refractivity contribution in [1.82, 2.24) is 0 Å². The SMILES string of the molecule is COc1ccc(CCN)cc1-c1ccc2c(c1)CCCC2. The minimum atomic E-state index is 0.677. The van der Waals surface area contributed by atoms with Crippen LogP contribution in [-0.4, -0.2) is 13.7 Å². The van der Waals surface area contributed by atoms with Gasteiger partial charge in [0.2, 0.25) is 0 Å². The lowest BCUT2D eigenvalue weighted by molar-refractivity contribution is 0.416. The fourth-order valence-corrected chi connectivity index (χ4v) is 3.20. The standard InChI is InChI=1S/C19H23NO/c1-21-19-9-6-14(10-11-20)12-18(19)17-8-7-15-4-2-3-5-16(15)13-17/h6-9,12-13H,2-5,10-11,20H2,1H3. The number of hydrogen-bond acceptors (Lipinski definition) is 2. The van der Waals surface area contributed by atoms with E-state index in [1.54, 1.807) is 7.11 Å². The summed E-state index contributed by atoms with van der Waals surface area (Å²) in [6.07, 6.45) is 5.96. The summed E-state index contributed by atoms with van der Waals surface area (Å²) in [5.74, 6) is 0.937. The van der Waals surface area contributed by atoms with Crippen molar-refractivity contribution in [3.8, 4) is 16.9 Å². The Morgan fingerprint density at radius 1 is 1.00 bits per heavy atom. The van der Waals surface area contributed by atoms with E-state index in [4.69, 9.17) is 10.5 Å². The molecule has 0 amide bonds. The molecule has 0 aromatic heterocycles. The van der Waals surface area contributed by atoms with E-state index in [-0.39, 0.29) is 0 Å². The third-order valence-corrected chi connectivity index (χ3v) is 4.36. The van der Waals surface area contributed by atoms with Gasteiger partial charge in [-0.2, -0.15) is 0 Å². The van der Waals surface area contributed by atoms with E-state index in [2.05, 4.69) is 36.4 Å². The van der Waals surface area contributed by atoms with Crippen molar-refractivity contribution in [3.63, 3.8) is 0 Å². The van der Waals surface area contributed by atoms with Gasteiger partial charge in [-0.1, -0.05) is 24.3 Å². The van der Waals surface area contributed by atoms with Crippen LogP contribution in [0.15, 0.2) is 36.4 Å². The van der Waals surface area contributed by atoms with Crippen molar-refractivity contribution in [2.24, 2.45) is 5.73 Å². The number of fused-ring (bicyclic) bond motifs is 1. The number of ether oxygens (including phenoxy) is 1. The molecule has 110 valence electrons. The van der Waals surface area contributed by atoms with Gasteiger partial charge >= 0.3 is 0 Å². The fourth-order valence-electron chi connectivity index (χ4n) is 3.20. The molecule has 1 aliphatic carbocycles. The summed E-state index contributed by atoms with van der Waals surface area (Å²) in [5, 5.41) is 0. The van der Waals surface area contributed by atoms with Crippen LogP contribution < -0.4 is 10.5 Å². The second-order valence-corrected chi connectivity index (χ2v) is 5.76. The lowest BCUT2D eigenvalue weighted by Crippen LogP contribution is -2.04. The first-order valence-corrected chi connectivity index (χ1v) is 7.81. The Morgan fingerprint density at radius 3 is 2.57 bits per heavy atom. The normalized spacial score (nSPS) is 13.8. The monoisotopic (exact) mass is 281 g/mol. The molecule has 2 heteroatoms. The van der Waals surface area contributed by atoms with E-state index in [0.717, 1.165) is 12.2 Å². The van der Waals surface area contributed by atoms with Gasteiger partial charge in [-0.05, 0) is 73.0 Å². The molecule has 3 rings (SSSR count). The van der Waals surface area contributed by atoms with Crippen LogP contribution in [0.2, 0.25) is 0 Å². The zero-order valence-electron chi connectivity index (χ0n) is 12.7. The Balaban J connectivity index is 2.03. The van der Waals surface area contributed by atoms with Gasteiger partial charge in [0.1, 0.15) is 5.75 Å². The van der Waals surface area contributed by atoms with Crippen molar-refractivity contribution in [3.05, 3.63) is 53.1 Å². The Hall–Kier alpha value is -1.80. The second-order valence-electron chi connectivity index (χ2n) is 5.76. The van der Waals surface area contributed by atoms with E-state index < -0.39 is 0 Å². The third kappa shape index (κ3) is 2.96. The molecule has 1 aliphatic rings. The van der Waals surface area contributed by atoms with Crippen LogP contribution >= 0.6 is 0 Å². The van der Waals surface area contributed by atoms with E-state index in [1.807, 2.05) is 0 Å². The Bertz CT molecular complexity index is 633. The predicted molar refractivity (Wildman–Crippen MR) is 87.8 cm³/mol. The van der Waals surface area contributed by atoms with Gasteiger partial charge in [0, 0.05) is 5.56 Å². The van der Waals surface area contributed by atoms with Crippen LogP contribution in [0.1, 0.15) is 29.5 Å². The summed E-state index contributed by atoms with van der Waals surface area (Å²) in [6.45, 7) is 0.677. The molecule has 21 heavy (non-hydrogen) atoms. The smallest absolute Gasteiger partial charge is 0.126 e. The maximum atomic E-state index is 5.68. The molecule has 2 aromatic rings. The largest absolute Gasteiger partial charge is 0.496 e. The van der Waals surface area contributed by atoms with Gasteiger partial charge in [-0.3, -0.25) is 0 Å². The number of benzene rings is 2. The Morgan fingerprint density at radius 2 is 1.81 bits per heavy atom. The van der Waals surface area contributed by atoms with Gasteiger partial charge in [-0.25, -0.2) is 0 Å². The zero-order valence-corrected chi connectivity index (χ0v) is 12.7. The maximum Gasteiger partial charge on any atom is 0.126 e. The number of methoxy groups -OCH3 is 1. The molecular weight excluding hydrogens is 258 g/mol. The molecule has 2 N–H and O–H groups in total. The molecule has 0 unspecified atom stereocenters. The first-order chi connectivity index (χ1) is 10.3. The summed E-state index contributed by atoms with van der Waals surface area (Å²) in [6, 6.07) is 13.2. The molecule has 0 radical (unpaired) electrons. The predicted octanol–water partition coefficient (Wildman–Crippen LogP) is 3.74. The van der Waals surface area contributed by atoms with E-state index >= 15 is 0 Å². The lowest BCUT2D eigenvalue weighted by atomic mass is 9.88. The van der Waals surface area contributed by atoms with Crippen molar-refractivity contribution < 1.29 is 4.74 Å². The van der Waals surface area contributed by atoms with Gasteiger partial charge < -0.3 is 10.5 Å². The number of hydrogen-bond donors (Lipinski definition) is 1. The number of rotatable bonds is 4. The highest BCUT2D eigenvalue weighted by molar-refractivity contribution is 5.72. The highest BCUT2D eigenvalue weighted by atomic mass is 16.5. The van der Waals surface area contributed by atoms with Crippen molar-refractivity contribution in [2.75, 3.05) is 13.7 Å². The molecule has 0 spiro atoms. The second kappa shape index (κ2) is 6.31. The van der Waals surface area contributed by atoms with Crippen LogP contribution in [0.25, 0.3) is 11.1 Å². The first kappa shape index (κ1) is 14.2. The summed E-state index contributed by atoms with van der Waals surface area (Å²) in [4.78, 5) is 0. The molecule has 2 aromatic carbocycles. The van der Waals surface area contributed by atoms with Crippen LogP contribution in [0, 0.1) is 0 Å². The highest BCUT2D eigenvalue weighted by Crippen LogP contribution is 2.33. The molecule has 0 heterocycles. The molecule has 0 fully saturated rings. The van der Waals surface area contributed by atoms with Crippen molar-refractivity contribution in [1.29, 1.82) is 0 Å². The fraction of sp³-hybridized carbons (Fsp3) is 0.368. The summed E-state index contributed by atoms with van der Waals surface area (Å²) >= 11 is 0. The average molecular weight is 281 g/mol. The number of aryl methyl sites for hydroxylation is 2. The summed E-state index contributed by atoms with van der Waals surface area (Å²) in [7, 11) is 1.74. The molecular formula is C19H23NO. The quantitative estimate of drug-likeness (QED) is 0.926. The van der Waals surface area contributed by atoms with Gasteiger partial charge in [0.25, 0.3) is 0 Å². The van der Waals surface area contributed by atoms with Crippen molar-refractivity contribution in [2.45, 2.75) is 32.1 Å². The van der Waals surface area contributed by atoms with Gasteiger partial charge in [-0.15, -0.1) is 0 Å². The minimum absolute atomic E-state index is 0.677. The molecule has 0 saturated heterocycles. The van der Waals surface area contributed by atoms with Crippen LogP contribution in [0.4, 0.5) is 0 Å². The highest BCUT2D eigenvalue weighted by Gasteiger charge is 2.12. The third-order valence-electron chi connectivity index (χ3n) is 4.36. The van der Waals surface area contributed by atoms with E-state index in [9.17, 15) is 0 Å². The molecule has 0 saturated carbocycles. The van der Waals surface area contributed by atoms with Crippen LogP contribution in [0.3, 0.4) is 0 Å². The lowest BCUT2D eigenvalue weighted by Gasteiger charge is -2.18. The molecule has 0 bridgehead atoms. The van der Waals surface area contributed by atoms with E-state index in [1.165, 1.54) is 53.5 Å². The maximum absolute atomic E-state index is 5.68. The number of nitrogens with two attached hydrogens (primary N) is 1.